The standard InChI is InChI=1S/C17H12FNO3/c1-11(20)22-16-10-17(21)19(13-8-6-12(18)7-9-13)15-5-3-2-4-14(15)16/h2-10H,1H3. The number of carbonyl (C=O) groups excluding carboxylic acids is 1. The lowest BCUT2D eigenvalue weighted by Crippen LogP contribution is -2.19. The molecule has 0 aliphatic carbocycles. The van der Waals surface area contributed by atoms with E-state index in [9.17, 15) is 14.0 Å². The lowest BCUT2D eigenvalue weighted by atomic mass is 10.2. The van der Waals surface area contributed by atoms with Crippen molar-refractivity contribution in [3.63, 3.8) is 0 Å². The van der Waals surface area contributed by atoms with Crippen LogP contribution < -0.4 is 10.3 Å². The van der Waals surface area contributed by atoms with Gasteiger partial charge >= 0.3 is 5.97 Å². The molecular formula is C17H12FNO3. The van der Waals surface area contributed by atoms with Crippen LogP contribution in [0, 0.1) is 5.82 Å². The van der Waals surface area contributed by atoms with Gasteiger partial charge in [-0.1, -0.05) is 12.1 Å². The molecule has 22 heavy (non-hydrogen) atoms. The molecule has 0 saturated carbocycles. The van der Waals surface area contributed by atoms with Crippen molar-refractivity contribution >= 4 is 16.9 Å². The van der Waals surface area contributed by atoms with Gasteiger partial charge in [0.15, 0.2) is 0 Å². The van der Waals surface area contributed by atoms with Crippen LogP contribution in [0.5, 0.6) is 5.75 Å². The number of hydrogen-bond donors (Lipinski definition) is 0. The van der Waals surface area contributed by atoms with Crippen molar-refractivity contribution in [3.05, 3.63) is 70.8 Å². The van der Waals surface area contributed by atoms with Gasteiger partial charge in [0, 0.05) is 24.1 Å². The Kier molecular flexibility index (Phi) is 3.47. The Morgan fingerprint density at radius 3 is 2.45 bits per heavy atom. The first-order valence-corrected chi connectivity index (χ1v) is 6.65. The molecule has 0 radical (unpaired) electrons. The summed E-state index contributed by atoms with van der Waals surface area (Å²) >= 11 is 0. The van der Waals surface area contributed by atoms with Crippen molar-refractivity contribution in [3.8, 4) is 11.4 Å². The Morgan fingerprint density at radius 1 is 1.09 bits per heavy atom. The van der Waals surface area contributed by atoms with Crippen molar-refractivity contribution in [2.45, 2.75) is 6.92 Å². The molecule has 0 atom stereocenters. The van der Waals surface area contributed by atoms with E-state index in [1.807, 2.05) is 0 Å². The van der Waals surface area contributed by atoms with E-state index in [1.54, 1.807) is 24.3 Å². The molecule has 0 aliphatic heterocycles. The third-order valence-corrected chi connectivity index (χ3v) is 3.22. The van der Waals surface area contributed by atoms with Crippen molar-refractivity contribution in [1.82, 2.24) is 4.57 Å². The van der Waals surface area contributed by atoms with Crippen LogP contribution >= 0.6 is 0 Å². The Balaban J connectivity index is 2.32. The Bertz CT molecular complexity index is 913. The number of ether oxygens (including phenoxy) is 1. The van der Waals surface area contributed by atoms with Crippen LogP contribution in [0.1, 0.15) is 6.92 Å². The number of benzene rings is 2. The van der Waals surface area contributed by atoms with E-state index >= 15 is 0 Å². The highest BCUT2D eigenvalue weighted by Crippen LogP contribution is 2.25. The van der Waals surface area contributed by atoms with Crippen molar-refractivity contribution < 1.29 is 13.9 Å². The van der Waals surface area contributed by atoms with E-state index < -0.39 is 5.97 Å². The maximum absolute atomic E-state index is 13.1. The van der Waals surface area contributed by atoms with Crippen molar-refractivity contribution in [1.29, 1.82) is 0 Å². The monoisotopic (exact) mass is 297 g/mol. The quantitative estimate of drug-likeness (QED) is 0.683. The van der Waals surface area contributed by atoms with Gasteiger partial charge in [-0.15, -0.1) is 0 Å². The first kappa shape index (κ1) is 14.0. The largest absolute Gasteiger partial charge is 0.426 e. The Hall–Kier alpha value is -2.95. The summed E-state index contributed by atoms with van der Waals surface area (Å²) in [6, 6.07) is 13.9. The van der Waals surface area contributed by atoms with Gasteiger partial charge in [0.05, 0.1) is 5.52 Å². The van der Waals surface area contributed by atoms with Crippen LogP contribution in [-0.2, 0) is 4.79 Å². The summed E-state index contributed by atoms with van der Waals surface area (Å²) in [6.45, 7) is 1.28. The maximum atomic E-state index is 13.1. The molecule has 1 heterocycles. The van der Waals surface area contributed by atoms with Crippen molar-refractivity contribution in [2.24, 2.45) is 0 Å². The summed E-state index contributed by atoms with van der Waals surface area (Å²) < 4.78 is 19.6. The zero-order valence-electron chi connectivity index (χ0n) is 11.7. The number of pyridine rings is 1. The fraction of sp³-hybridized carbons (Fsp3) is 0.0588. The van der Waals surface area contributed by atoms with Gasteiger partial charge in [-0.2, -0.15) is 0 Å². The summed E-state index contributed by atoms with van der Waals surface area (Å²) in [6.07, 6.45) is 0. The summed E-state index contributed by atoms with van der Waals surface area (Å²) in [5.41, 5.74) is 0.761. The molecule has 0 fully saturated rings. The predicted octanol–water partition coefficient (Wildman–Crippen LogP) is 3.06. The molecule has 0 amide bonds. The van der Waals surface area contributed by atoms with Crippen LogP contribution in [0.4, 0.5) is 4.39 Å². The van der Waals surface area contributed by atoms with E-state index in [2.05, 4.69) is 0 Å². The molecule has 110 valence electrons. The number of nitrogens with zero attached hydrogens (tertiary/aromatic N) is 1. The fourth-order valence-electron chi connectivity index (χ4n) is 2.35. The smallest absolute Gasteiger partial charge is 0.308 e. The molecule has 0 N–H and O–H groups in total. The summed E-state index contributed by atoms with van der Waals surface area (Å²) in [5.74, 6) is -0.659. The highest BCUT2D eigenvalue weighted by atomic mass is 19.1. The first-order valence-electron chi connectivity index (χ1n) is 6.65. The number of carbonyl (C=O) groups is 1. The first-order chi connectivity index (χ1) is 10.6. The molecule has 0 spiro atoms. The summed E-state index contributed by atoms with van der Waals surface area (Å²) in [7, 11) is 0. The Morgan fingerprint density at radius 2 is 1.77 bits per heavy atom. The second-order valence-electron chi connectivity index (χ2n) is 4.77. The predicted molar refractivity (Wildman–Crippen MR) is 80.8 cm³/mol. The minimum absolute atomic E-state index is 0.214. The minimum Gasteiger partial charge on any atom is -0.426 e. The van der Waals surface area contributed by atoms with Gasteiger partial charge in [0.2, 0.25) is 0 Å². The maximum Gasteiger partial charge on any atom is 0.308 e. The van der Waals surface area contributed by atoms with E-state index in [1.165, 1.54) is 41.8 Å². The molecule has 0 unspecified atom stereocenters. The number of esters is 1. The molecule has 0 bridgehead atoms. The van der Waals surface area contributed by atoms with Crippen LogP contribution in [-0.4, -0.2) is 10.5 Å². The van der Waals surface area contributed by atoms with Gasteiger partial charge in [0.25, 0.3) is 5.56 Å². The highest BCUT2D eigenvalue weighted by Gasteiger charge is 2.12. The fourth-order valence-corrected chi connectivity index (χ4v) is 2.35. The second-order valence-corrected chi connectivity index (χ2v) is 4.77. The lowest BCUT2D eigenvalue weighted by molar-refractivity contribution is -0.131. The molecule has 4 nitrogen and oxygen atoms in total. The van der Waals surface area contributed by atoms with Crippen LogP contribution in [0.3, 0.4) is 0 Å². The normalized spacial score (nSPS) is 10.6. The van der Waals surface area contributed by atoms with Crippen LogP contribution in [0.25, 0.3) is 16.6 Å². The third-order valence-electron chi connectivity index (χ3n) is 3.22. The number of rotatable bonds is 2. The molecule has 5 heteroatoms. The van der Waals surface area contributed by atoms with E-state index in [0.717, 1.165) is 0 Å². The number of hydrogen-bond acceptors (Lipinski definition) is 3. The van der Waals surface area contributed by atoms with Gasteiger partial charge in [-0.25, -0.2) is 4.39 Å². The highest BCUT2D eigenvalue weighted by molar-refractivity contribution is 5.88. The van der Waals surface area contributed by atoms with Gasteiger partial charge in [0.1, 0.15) is 11.6 Å². The third kappa shape index (κ3) is 2.48. The average molecular weight is 297 g/mol. The van der Waals surface area contributed by atoms with Crippen LogP contribution in [0.2, 0.25) is 0 Å². The second kappa shape index (κ2) is 5.44. The molecule has 3 aromatic rings. The van der Waals surface area contributed by atoms with E-state index in [4.69, 9.17) is 4.74 Å². The average Bonchev–Trinajstić information content (AvgIpc) is 2.48. The number of aromatic nitrogens is 1. The van der Waals surface area contributed by atoms with Gasteiger partial charge < -0.3 is 4.74 Å². The zero-order valence-corrected chi connectivity index (χ0v) is 11.7. The summed E-state index contributed by atoms with van der Waals surface area (Å²) in [5, 5.41) is 0.627. The molecule has 2 aromatic carbocycles. The molecular weight excluding hydrogens is 285 g/mol. The van der Waals surface area contributed by atoms with Gasteiger partial charge in [-0.05, 0) is 36.4 Å². The lowest BCUT2D eigenvalue weighted by Gasteiger charge is -2.13. The van der Waals surface area contributed by atoms with Crippen LogP contribution in [0.15, 0.2) is 59.4 Å². The van der Waals surface area contributed by atoms with E-state index in [-0.39, 0.29) is 17.1 Å². The molecule has 0 saturated heterocycles. The van der Waals surface area contributed by atoms with E-state index in [0.29, 0.717) is 16.6 Å². The van der Waals surface area contributed by atoms with Crippen molar-refractivity contribution in [2.75, 3.05) is 0 Å². The molecule has 1 aromatic heterocycles. The summed E-state index contributed by atoms with van der Waals surface area (Å²) in [4.78, 5) is 23.6. The number of para-hydroxylation sites is 1. The molecule has 0 aliphatic rings. The zero-order chi connectivity index (χ0) is 15.7. The Labute approximate surface area is 125 Å². The topological polar surface area (TPSA) is 48.3 Å². The SMILES string of the molecule is CC(=O)Oc1cc(=O)n(-c2ccc(F)cc2)c2ccccc12. The van der Waals surface area contributed by atoms with Gasteiger partial charge in [-0.3, -0.25) is 14.2 Å². The molecule has 3 rings (SSSR count). The minimum atomic E-state index is -0.496. The number of halogens is 1. The number of fused-ring (bicyclic) bond motifs is 1.